The second kappa shape index (κ2) is 5.19. The van der Waals surface area contributed by atoms with E-state index in [1.54, 1.807) is 0 Å². The van der Waals surface area contributed by atoms with Crippen molar-refractivity contribution in [3.63, 3.8) is 0 Å². The predicted molar refractivity (Wildman–Crippen MR) is 66.9 cm³/mol. The molecule has 0 aliphatic rings. The lowest BCUT2D eigenvalue weighted by Gasteiger charge is -2.16. The van der Waals surface area contributed by atoms with Crippen LogP contribution in [0.2, 0.25) is 0 Å². The number of rotatable bonds is 5. The van der Waals surface area contributed by atoms with Crippen LogP contribution in [0.15, 0.2) is 28.9 Å². The van der Waals surface area contributed by atoms with E-state index in [4.69, 9.17) is 4.42 Å². The Balaban J connectivity index is 2.35. The van der Waals surface area contributed by atoms with Gasteiger partial charge in [0.05, 0.1) is 0 Å². The quantitative estimate of drug-likeness (QED) is 0.862. The fourth-order valence-electron chi connectivity index (χ4n) is 1.98. The predicted octanol–water partition coefficient (Wildman–Crippen LogP) is 2.50. The molecule has 92 valence electrons. The van der Waals surface area contributed by atoms with Gasteiger partial charge in [0.25, 0.3) is 0 Å². The lowest BCUT2D eigenvalue weighted by atomic mass is 10.2. The maximum atomic E-state index is 5.71. The summed E-state index contributed by atoms with van der Waals surface area (Å²) in [5.41, 5.74) is 0. The van der Waals surface area contributed by atoms with Crippen LogP contribution in [0.3, 0.4) is 0 Å². The van der Waals surface area contributed by atoms with Crippen LogP contribution in [0, 0.1) is 6.92 Å². The van der Waals surface area contributed by atoms with Gasteiger partial charge in [-0.2, -0.15) is 0 Å². The zero-order valence-corrected chi connectivity index (χ0v) is 10.6. The number of hydrogen-bond donors (Lipinski definition) is 1. The average molecular weight is 233 g/mol. The molecular weight excluding hydrogens is 214 g/mol. The highest BCUT2D eigenvalue weighted by Gasteiger charge is 2.20. The first-order valence-corrected chi connectivity index (χ1v) is 6.07. The van der Waals surface area contributed by atoms with E-state index in [0.29, 0.717) is 0 Å². The van der Waals surface area contributed by atoms with Gasteiger partial charge in [-0.15, -0.1) is 0 Å². The minimum Gasteiger partial charge on any atom is -0.464 e. The van der Waals surface area contributed by atoms with Gasteiger partial charge in [0, 0.05) is 18.9 Å². The number of nitrogens with zero attached hydrogens (tertiary/aromatic N) is 2. The molecular formula is C13H19N3O. The number of hydrogen-bond acceptors (Lipinski definition) is 3. The molecule has 0 bridgehead atoms. The van der Waals surface area contributed by atoms with Crippen molar-refractivity contribution >= 4 is 0 Å². The largest absolute Gasteiger partial charge is 0.464 e. The van der Waals surface area contributed by atoms with E-state index >= 15 is 0 Å². The van der Waals surface area contributed by atoms with Gasteiger partial charge in [0.15, 0.2) is 0 Å². The Morgan fingerprint density at radius 2 is 2.24 bits per heavy atom. The van der Waals surface area contributed by atoms with E-state index in [1.807, 2.05) is 31.5 Å². The van der Waals surface area contributed by atoms with E-state index in [9.17, 15) is 0 Å². The van der Waals surface area contributed by atoms with Gasteiger partial charge in [0.2, 0.25) is 0 Å². The minimum atomic E-state index is 0.0312. The monoisotopic (exact) mass is 233 g/mol. The van der Waals surface area contributed by atoms with Crippen LogP contribution in [0.5, 0.6) is 0 Å². The summed E-state index contributed by atoms with van der Waals surface area (Å²) in [5.74, 6) is 2.85. The summed E-state index contributed by atoms with van der Waals surface area (Å²) in [4.78, 5) is 4.43. The van der Waals surface area contributed by atoms with Crippen LogP contribution >= 0.6 is 0 Å². The van der Waals surface area contributed by atoms with E-state index in [-0.39, 0.29) is 6.04 Å². The van der Waals surface area contributed by atoms with Crippen molar-refractivity contribution in [2.75, 3.05) is 6.54 Å². The third-order valence-electron chi connectivity index (χ3n) is 2.80. The first-order chi connectivity index (χ1) is 8.26. The summed E-state index contributed by atoms with van der Waals surface area (Å²) in [6.45, 7) is 7.94. The standard InChI is InChI=1S/C13H19N3O/c1-4-14-12(11-7-6-10(3)17-11)13-15-8-9-16(13)5-2/h6-9,12,14H,4-5H2,1-3H3. The lowest BCUT2D eigenvalue weighted by Crippen LogP contribution is -2.24. The van der Waals surface area contributed by atoms with Crippen molar-refractivity contribution in [1.29, 1.82) is 0 Å². The Labute approximate surface area is 102 Å². The van der Waals surface area contributed by atoms with Crippen molar-refractivity contribution in [1.82, 2.24) is 14.9 Å². The highest BCUT2D eigenvalue weighted by molar-refractivity contribution is 5.18. The molecule has 1 unspecified atom stereocenters. The van der Waals surface area contributed by atoms with Crippen LogP contribution in [0.25, 0.3) is 0 Å². The Hall–Kier alpha value is -1.55. The molecule has 17 heavy (non-hydrogen) atoms. The molecule has 2 rings (SSSR count). The number of aryl methyl sites for hydroxylation is 2. The maximum Gasteiger partial charge on any atom is 0.133 e. The molecule has 0 spiro atoms. The van der Waals surface area contributed by atoms with E-state index in [0.717, 1.165) is 30.4 Å². The fraction of sp³-hybridized carbons (Fsp3) is 0.462. The summed E-state index contributed by atoms with van der Waals surface area (Å²) >= 11 is 0. The second-order valence-corrected chi connectivity index (χ2v) is 4.01. The zero-order valence-electron chi connectivity index (χ0n) is 10.6. The molecule has 0 saturated heterocycles. The number of furan rings is 1. The van der Waals surface area contributed by atoms with Crippen molar-refractivity contribution < 1.29 is 4.42 Å². The van der Waals surface area contributed by atoms with Gasteiger partial charge in [-0.05, 0) is 32.5 Å². The molecule has 2 aromatic rings. The summed E-state index contributed by atoms with van der Waals surface area (Å²) in [7, 11) is 0. The summed E-state index contributed by atoms with van der Waals surface area (Å²) in [5, 5.41) is 3.41. The number of aromatic nitrogens is 2. The summed E-state index contributed by atoms with van der Waals surface area (Å²) in [6, 6.07) is 4.03. The Kier molecular flexibility index (Phi) is 3.64. The zero-order chi connectivity index (χ0) is 12.3. The van der Waals surface area contributed by atoms with Crippen molar-refractivity contribution in [2.45, 2.75) is 33.4 Å². The molecule has 0 aromatic carbocycles. The van der Waals surface area contributed by atoms with Crippen LogP contribution in [0.1, 0.15) is 37.2 Å². The highest BCUT2D eigenvalue weighted by Crippen LogP contribution is 2.22. The van der Waals surface area contributed by atoms with Gasteiger partial charge >= 0.3 is 0 Å². The van der Waals surface area contributed by atoms with Gasteiger partial charge in [-0.25, -0.2) is 4.98 Å². The Bertz CT molecular complexity index is 472. The molecule has 4 heteroatoms. The normalized spacial score (nSPS) is 12.9. The van der Waals surface area contributed by atoms with Gasteiger partial charge in [-0.3, -0.25) is 0 Å². The molecule has 0 saturated carbocycles. The molecule has 0 aliphatic heterocycles. The van der Waals surface area contributed by atoms with Crippen molar-refractivity contribution in [2.24, 2.45) is 0 Å². The summed E-state index contributed by atoms with van der Waals surface area (Å²) in [6.07, 6.45) is 3.83. The average Bonchev–Trinajstić information content (AvgIpc) is 2.94. The first-order valence-electron chi connectivity index (χ1n) is 6.07. The van der Waals surface area contributed by atoms with Crippen LogP contribution in [-0.4, -0.2) is 16.1 Å². The minimum absolute atomic E-state index is 0.0312. The number of nitrogens with one attached hydrogen (secondary N) is 1. The van der Waals surface area contributed by atoms with Gasteiger partial charge in [-0.1, -0.05) is 6.92 Å². The van der Waals surface area contributed by atoms with Crippen LogP contribution in [0.4, 0.5) is 0 Å². The topological polar surface area (TPSA) is 43.0 Å². The van der Waals surface area contributed by atoms with Gasteiger partial charge in [0.1, 0.15) is 23.4 Å². The molecule has 1 N–H and O–H groups in total. The van der Waals surface area contributed by atoms with Gasteiger partial charge < -0.3 is 14.3 Å². The van der Waals surface area contributed by atoms with Crippen molar-refractivity contribution in [3.8, 4) is 0 Å². The Morgan fingerprint density at radius 3 is 2.82 bits per heavy atom. The first kappa shape index (κ1) is 11.9. The smallest absolute Gasteiger partial charge is 0.133 e. The second-order valence-electron chi connectivity index (χ2n) is 4.01. The highest BCUT2D eigenvalue weighted by atomic mass is 16.3. The lowest BCUT2D eigenvalue weighted by molar-refractivity contribution is 0.418. The van der Waals surface area contributed by atoms with E-state index in [2.05, 4.69) is 28.7 Å². The molecule has 0 fully saturated rings. The third kappa shape index (κ3) is 2.42. The van der Waals surface area contributed by atoms with Crippen molar-refractivity contribution in [3.05, 3.63) is 41.9 Å². The summed E-state index contributed by atoms with van der Waals surface area (Å²) < 4.78 is 7.84. The van der Waals surface area contributed by atoms with E-state index < -0.39 is 0 Å². The molecule has 4 nitrogen and oxygen atoms in total. The molecule has 0 amide bonds. The SMILES string of the molecule is CCNC(c1ccc(C)o1)c1nccn1CC. The molecule has 1 atom stereocenters. The maximum absolute atomic E-state index is 5.71. The van der Waals surface area contributed by atoms with Crippen LogP contribution < -0.4 is 5.32 Å². The molecule has 0 aliphatic carbocycles. The molecule has 0 radical (unpaired) electrons. The molecule has 2 aromatic heterocycles. The number of imidazole rings is 1. The fourth-order valence-corrected chi connectivity index (χ4v) is 1.98. The van der Waals surface area contributed by atoms with Crippen LogP contribution in [-0.2, 0) is 6.54 Å². The van der Waals surface area contributed by atoms with E-state index in [1.165, 1.54) is 0 Å². The third-order valence-corrected chi connectivity index (χ3v) is 2.80. The Morgan fingerprint density at radius 1 is 1.41 bits per heavy atom. The molecule has 2 heterocycles.